The molecular weight excluding hydrogens is 290 g/mol. The van der Waals surface area contributed by atoms with Crippen LogP contribution in [0.1, 0.15) is 36.7 Å². The van der Waals surface area contributed by atoms with Crippen molar-refractivity contribution in [2.24, 2.45) is 0 Å². The fourth-order valence-corrected chi connectivity index (χ4v) is 2.31. The molecule has 0 aliphatic carbocycles. The number of rotatable bonds is 6. The molecular formula is C19H23NO3. The van der Waals surface area contributed by atoms with Gasteiger partial charge >= 0.3 is 0 Å². The molecule has 0 fully saturated rings. The molecule has 1 amide bonds. The maximum Gasteiger partial charge on any atom is 0.255 e. The van der Waals surface area contributed by atoms with E-state index in [1.807, 2.05) is 38.1 Å². The average Bonchev–Trinajstić information content (AvgIpc) is 2.55. The van der Waals surface area contributed by atoms with E-state index in [0.29, 0.717) is 17.1 Å². The summed E-state index contributed by atoms with van der Waals surface area (Å²) in [5.41, 5.74) is 2.47. The van der Waals surface area contributed by atoms with Crippen molar-refractivity contribution in [3.8, 4) is 11.5 Å². The van der Waals surface area contributed by atoms with Crippen molar-refractivity contribution in [3.63, 3.8) is 0 Å². The highest BCUT2D eigenvalue weighted by molar-refractivity contribution is 6.05. The number of nitrogens with one attached hydrogen (secondary N) is 1. The Balaban J connectivity index is 2.22. The fourth-order valence-electron chi connectivity index (χ4n) is 2.31. The summed E-state index contributed by atoms with van der Waals surface area (Å²) in [7, 11) is 1.57. The van der Waals surface area contributed by atoms with Crippen LogP contribution < -0.4 is 14.8 Å². The molecule has 1 N–H and O–H groups in total. The Labute approximate surface area is 137 Å². The van der Waals surface area contributed by atoms with Gasteiger partial charge in [-0.2, -0.15) is 0 Å². The van der Waals surface area contributed by atoms with Crippen LogP contribution in [-0.2, 0) is 6.42 Å². The van der Waals surface area contributed by atoms with Gasteiger partial charge in [0.05, 0.1) is 13.2 Å². The number of benzene rings is 2. The Morgan fingerprint density at radius 2 is 1.87 bits per heavy atom. The van der Waals surface area contributed by atoms with E-state index in [-0.39, 0.29) is 12.0 Å². The van der Waals surface area contributed by atoms with E-state index in [1.54, 1.807) is 25.3 Å². The van der Waals surface area contributed by atoms with Crippen molar-refractivity contribution in [2.45, 2.75) is 33.3 Å². The molecule has 0 aromatic heterocycles. The number of ether oxygens (including phenoxy) is 2. The number of amides is 1. The minimum absolute atomic E-state index is 0.0417. The molecule has 4 heteroatoms. The van der Waals surface area contributed by atoms with Crippen molar-refractivity contribution in [1.29, 1.82) is 0 Å². The molecule has 0 radical (unpaired) electrons. The molecule has 2 rings (SSSR count). The quantitative estimate of drug-likeness (QED) is 0.865. The van der Waals surface area contributed by atoms with Gasteiger partial charge in [-0.15, -0.1) is 0 Å². The van der Waals surface area contributed by atoms with Gasteiger partial charge in [-0.25, -0.2) is 0 Å². The van der Waals surface area contributed by atoms with Gasteiger partial charge in [0.15, 0.2) is 11.5 Å². The maximum atomic E-state index is 12.5. The molecule has 2 aromatic carbocycles. The predicted molar refractivity (Wildman–Crippen MR) is 92.5 cm³/mol. The zero-order valence-electron chi connectivity index (χ0n) is 14.1. The summed E-state index contributed by atoms with van der Waals surface area (Å²) in [6.07, 6.45) is 0.904. The molecule has 0 spiro atoms. The van der Waals surface area contributed by atoms with E-state index >= 15 is 0 Å². The first-order valence-corrected chi connectivity index (χ1v) is 7.79. The third kappa shape index (κ3) is 4.25. The molecule has 122 valence electrons. The van der Waals surface area contributed by atoms with Gasteiger partial charge in [-0.1, -0.05) is 25.1 Å². The zero-order chi connectivity index (χ0) is 16.8. The van der Waals surface area contributed by atoms with E-state index in [4.69, 9.17) is 9.47 Å². The maximum absolute atomic E-state index is 12.5. The summed E-state index contributed by atoms with van der Waals surface area (Å²) in [5.74, 6) is 1.02. The van der Waals surface area contributed by atoms with Crippen LogP contribution in [0.3, 0.4) is 0 Å². The topological polar surface area (TPSA) is 47.6 Å². The van der Waals surface area contributed by atoms with Gasteiger partial charge in [0.25, 0.3) is 5.91 Å². The van der Waals surface area contributed by atoms with Crippen LogP contribution in [-0.4, -0.2) is 19.1 Å². The third-order valence-corrected chi connectivity index (χ3v) is 3.43. The minimum atomic E-state index is -0.166. The molecule has 0 atom stereocenters. The highest BCUT2D eigenvalue weighted by Crippen LogP contribution is 2.29. The van der Waals surface area contributed by atoms with E-state index < -0.39 is 0 Å². The molecule has 0 bridgehead atoms. The number of hydrogen-bond acceptors (Lipinski definition) is 3. The molecule has 0 aliphatic heterocycles. The highest BCUT2D eigenvalue weighted by Gasteiger charge is 2.13. The summed E-state index contributed by atoms with van der Waals surface area (Å²) in [6.45, 7) is 5.95. The number of carbonyl (C=O) groups is 1. The van der Waals surface area contributed by atoms with Gasteiger partial charge in [0.1, 0.15) is 0 Å². The van der Waals surface area contributed by atoms with Gasteiger partial charge in [-0.05, 0) is 50.1 Å². The lowest BCUT2D eigenvalue weighted by atomic mass is 10.1. The van der Waals surface area contributed by atoms with Crippen LogP contribution in [0.4, 0.5) is 5.69 Å². The van der Waals surface area contributed by atoms with Gasteiger partial charge in [0.2, 0.25) is 0 Å². The monoisotopic (exact) mass is 313 g/mol. The Morgan fingerprint density at radius 3 is 2.52 bits per heavy atom. The second-order valence-electron chi connectivity index (χ2n) is 5.50. The standard InChI is InChI=1S/C19H23NO3/c1-5-14-8-6-7-9-16(14)20-19(21)15-10-11-17(23-13(2)3)18(12-15)22-4/h6-13H,5H2,1-4H3,(H,20,21). The lowest BCUT2D eigenvalue weighted by Crippen LogP contribution is -2.14. The second-order valence-corrected chi connectivity index (χ2v) is 5.50. The van der Waals surface area contributed by atoms with Crippen molar-refractivity contribution >= 4 is 11.6 Å². The molecule has 2 aromatic rings. The smallest absolute Gasteiger partial charge is 0.255 e. The first-order valence-electron chi connectivity index (χ1n) is 7.79. The molecule has 0 saturated carbocycles. The Kier molecular flexibility index (Phi) is 5.63. The van der Waals surface area contributed by atoms with E-state index in [0.717, 1.165) is 17.7 Å². The summed E-state index contributed by atoms with van der Waals surface area (Å²) in [5, 5.41) is 2.95. The summed E-state index contributed by atoms with van der Waals surface area (Å²) in [6, 6.07) is 13.0. The second kappa shape index (κ2) is 7.68. The van der Waals surface area contributed by atoms with E-state index in [9.17, 15) is 4.79 Å². The number of para-hydroxylation sites is 1. The molecule has 0 saturated heterocycles. The number of aryl methyl sites for hydroxylation is 1. The predicted octanol–water partition coefficient (Wildman–Crippen LogP) is 4.30. The minimum Gasteiger partial charge on any atom is -0.493 e. The van der Waals surface area contributed by atoms with Crippen LogP contribution in [0.25, 0.3) is 0 Å². The summed E-state index contributed by atoms with van der Waals surface area (Å²) < 4.78 is 11.0. The van der Waals surface area contributed by atoms with Crippen LogP contribution in [0, 0.1) is 0 Å². The lowest BCUT2D eigenvalue weighted by molar-refractivity contribution is 0.102. The van der Waals surface area contributed by atoms with Crippen LogP contribution in [0.5, 0.6) is 11.5 Å². The summed E-state index contributed by atoms with van der Waals surface area (Å²) in [4.78, 5) is 12.5. The normalized spacial score (nSPS) is 10.5. The van der Waals surface area contributed by atoms with Gasteiger partial charge in [-0.3, -0.25) is 4.79 Å². The van der Waals surface area contributed by atoms with Crippen LogP contribution >= 0.6 is 0 Å². The average molecular weight is 313 g/mol. The molecule has 0 aliphatic rings. The largest absolute Gasteiger partial charge is 0.493 e. The molecule has 0 unspecified atom stereocenters. The Hall–Kier alpha value is -2.49. The molecule has 23 heavy (non-hydrogen) atoms. The number of carbonyl (C=O) groups excluding carboxylic acids is 1. The third-order valence-electron chi connectivity index (χ3n) is 3.43. The van der Waals surface area contributed by atoms with Crippen molar-refractivity contribution in [3.05, 3.63) is 53.6 Å². The van der Waals surface area contributed by atoms with E-state index in [1.165, 1.54) is 0 Å². The van der Waals surface area contributed by atoms with Crippen molar-refractivity contribution < 1.29 is 14.3 Å². The van der Waals surface area contributed by atoms with Crippen molar-refractivity contribution in [1.82, 2.24) is 0 Å². The van der Waals surface area contributed by atoms with Gasteiger partial charge in [0, 0.05) is 11.3 Å². The lowest BCUT2D eigenvalue weighted by Gasteiger charge is -2.15. The van der Waals surface area contributed by atoms with Crippen molar-refractivity contribution in [2.75, 3.05) is 12.4 Å². The van der Waals surface area contributed by atoms with Gasteiger partial charge < -0.3 is 14.8 Å². The van der Waals surface area contributed by atoms with Crippen LogP contribution in [0.2, 0.25) is 0 Å². The number of anilines is 1. The first kappa shape index (κ1) is 16.9. The van der Waals surface area contributed by atoms with E-state index in [2.05, 4.69) is 12.2 Å². The number of methoxy groups -OCH3 is 1. The number of hydrogen-bond donors (Lipinski definition) is 1. The summed E-state index contributed by atoms with van der Waals surface area (Å²) >= 11 is 0. The SMILES string of the molecule is CCc1ccccc1NC(=O)c1ccc(OC(C)C)c(OC)c1. The fraction of sp³-hybridized carbons (Fsp3) is 0.316. The van der Waals surface area contributed by atoms with Crippen LogP contribution in [0.15, 0.2) is 42.5 Å². The Bertz CT molecular complexity index is 680. The highest BCUT2D eigenvalue weighted by atomic mass is 16.5. The zero-order valence-corrected chi connectivity index (χ0v) is 14.1. The molecule has 4 nitrogen and oxygen atoms in total. The first-order chi connectivity index (χ1) is 11.0. The molecule has 0 heterocycles. The Morgan fingerprint density at radius 1 is 1.13 bits per heavy atom.